The molecule has 0 fully saturated rings. The van der Waals surface area contributed by atoms with E-state index in [-0.39, 0.29) is 5.41 Å². The van der Waals surface area contributed by atoms with Gasteiger partial charge in [-0.25, -0.2) is 0 Å². The summed E-state index contributed by atoms with van der Waals surface area (Å²) in [6, 6.07) is 81.5. The molecule has 1 spiro atoms. The molecule has 2 aliphatic rings. The molecule has 0 saturated heterocycles. The van der Waals surface area contributed by atoms with Gasteiger partial charge in [0.1, 0.15) is 0 Å². The van der Waals surface area contributed by atoms with Crippen LogP contribution >= 0.6 is 11.3 Å². The summed E-state index contributed by atoms with van der Waals surface area (Å²) in [4.78, 5) is 0. The highest BCUT2D eigenvalue weighted by atomic mass is 32.1. The zero-order valence-corrected chi connectivity index (χ0v) is 35.9. The van der Waals surface area contributed by atoms with Crippen molar-refractivity contribution in [3.63, 3.8) is 0 Å². The SMILES string of the molecule is CC1(C)c2ccccc2C2(c3ccc([Si](c4ccccc4)(c4ccccc4)c4cccc5c4sc4ccccc45)cc3-n3c4ccccc4c4cccc2c43)c2ccccc21. The summed E-state index contributed by atoms with van der Waals surface area (Å²) < 4.78 is 5.34. The van der Waals surface area contributed by atoms with Crippen molar-refractivity contribution in [2.24, 2.45) is 0 Å². The standard InChI is InChI=1S/C58H41NSSi/c1-57(2)45-27-11-13-29-47(45)58(48-30-14-12-28-46(48)57)49-36-35-40(37-52(49)59-51-32-15-9-23-41(51)43-25-17-31-50(58)55(43)59)61(38-19-5-3-6-20-38,39-21-7-4-8-22-39)54-34-18-26-44-42-24-10-16-33-53(42)60-56(44)54/h3-37H,1-2H3. The van der Waals surface area contributed by atoms with Gasteiger partial charge in [0.2, 0.25) is 0 Å². The maximum absolute atomic E-state index is 3.04. The fourth-order valence-corrected chi connectivity index (χ4v) is 18.5. The van der Waals surface area contributed by atoms with Gasteiger partial charge in [0.05, 0.1) is 22.1 Å². The van der Waals surface area contributed by atoms with E-state index in [2.05, 4.69) is 231 Å². The Labute approximate surface area is 360 Å². The lowest BCUT2D eigenvalue weighted by Crippen LogP contribution is -2.74. The average molecular weight is 812 g/mol. The van der Waals surface area contributed by atoms with Gasteiger partial charge in [0.25, 0.3) is 0 Å². The van der Waals surface area contributed by atoms with Crippen LogP contribution in [0.3, 0.4) is 0 Å². The second-order valence-electron chi connectivity index (χ2n) is 17.5. The molecule has 0 radical (unpaired) electrons. The summed E-state index contributed by atoms with van der Waals surface area (Å²) in [7, 11) is -3.04. The third kappa shape index (κ3) is 4.40. The number of para-hydroxylation sites is 2. The maximum Gasteiger partial charge on any atom is 0.181 e. The summed E-state index contributed by atoms with van der Waals surface area (Å²) >= 11 is 1.95. The molecule has 61 heavy (non-hydrogen) atoms. The minimum Gasteiger partial charge on any atom is -0.309 e. The molecule has 0 bridgehead atoms. The van der Waals surface area contributed by atoms with Crippen molar-refractivity contribution in [2.45, 2.75) is 24.7 Å². The molecule has 11 aromatic rings. The minimum absolute atomic E-state index is 0.178. The van der Waals surface area contributed by atoms with E-state index in [0.29, 0.717) is 0 Å². The predicted molar refractivity (Wildman–Crippen MR) is 261 cm³/mol. The summed E-state index contributed by atoms with van der Waals surface area (Å²) in [5.74, 6) is 0. The van der Waals surface area contributed by atoms with Gasteiger partial charge in [-0.05, 0) is 72.3 Å². The first-order valence-corrected chi connectivity index (χ1v) is 24.3. The van der Waals surface area contributed by atoms with Crippen LogP contribution in [0, 0.1) is 0 Å². The number of benzene rings is 9. The molecule has 2 aromatic heterocycles. The predicted octanol–water partition coefficient (Wildman–Crippen LogP) is 11.9. The Morgan fingerprint density at radius 2 is 0.951 bits per heavy atom. The summed E-state index contributed by atoms with van der Waals surface area (Å²) in [5, 5.41) is 10.8. The van der Waals surface area contributed by atoms with E-state index in [4.69, 9.17) is 0 Å². The highest BCUT2D eigenvalue weighted by Crippen LogP contribution is 2.60. The van der Waals surface area contributed by atoms with Crippen LogP contribution in [0.4, 0.5) is 0 Å². The summed E-state index contributed by atoms with van der Waals surface area (Å²) in [5.41, 5.74) is 11.3. The van der Waals surface area contributed by atoms with E-state index in [0.717, 1.165) is 0 Å². The smallest absolute Gasteiger partial charge is 0.181 e. The molecule has 0 amide bonds. The Balaban J connectivity index is 1.24. The molecule has 0 N–H and O–H groups in total. The Hall–Kier alpha value is -6.78. The van der Waals surface area contributed by atoms with E-state index in [9.17, 15) is 0 Å². The van der Waals surface area contributed by atoms with E-state index in [1.807, 2.05) is 11.3 Å². The zero-order chi connectivity index (χ0) is 40.5. The number of aromatic nitrogens is 1. The monoisotopic (exact) mass is 811 g/mol. The number of hydrogen-bond acceptors (Lipinski definition) is 1. The number of fused-ring (bicyclic) bond motifs is 14. The van der Waals surface area contributed by atoms with Gasteiger partial charge in [0, 0.05) is 36.4 Å². The average Bonchev–Trinajstić information content (AvgIpc) is 3.87. The lowest BCUT2D eigenvalue weighted by molar-refractivity contribution is 0.556. The molecule has 288 valence electrons. The van der Waals surface area contributed by atoms with Gasteiger partial charge in [-0.1, -0.05) is 208 Å². The van der Waals surface area contributed by atoms with Crippen molar-refractivity contribution in [2.75, 3.05) is 0 Å². The Morgan fingerprint density at radius 3 is 1.66 bits per heavy atom. The fourth-order valence-electron chi connectivity index (χ4n) is 11.9. The lowest BCUT2D eigenvalue weighted by Gasteiger charge is -2.50. The normalized spacial score (nSPS) is 14.7. The van der Waals surface area contributed by atoms with Gasteiger partial charge in [0.15, 0.2) is 8.07 Å². The molecule has 1 aliphatic carbocycles. The molecular formula is C58H41NSSi. The van der Waals surface area contributed by atoms with Crippen LogP contribution in [0.1, 0.15) is 47.2 Å². The summed E-state index contributed by atoms with van der Waals surface area (Å²) in [6.07, 6.45) is 0. The van der Waals surface area contributed by atoms with Crippen LogP contribution in [-0.2, 0) is 10.8 Å². The van der Waals surface area contributed by atoms with Crippen molar-refractivity contribution in [3.8, 4) is 5.69 Å². The maximum atomic E-state index is 2.64. The van der Waals surface area contributed by atoms with Crippen LogP contribution in [0.5, 0.6) is 0 Å². The minimum atomic E-state index is -3.04. The van der Waals surface area contributed by atoms with Crippen LogP contribution < -0.4 is 20.7 Å². The van der Waals surface area contributed by atoms with Crippen molar-refractivity contribution < 1.29 is 0 Å². The van der Waals surface area contributed by atoms with Gasteiger partial charge >= 0.3 is 0 Å². The highest BCUT2D eigenvalue weighted by molar-refractivity contribution is 7.30. The van der Waals surface area contributed by atoms with Crippen LogP contribution in [0.15, 0.2) is 212 Å². The van der Waals surface area contributed by atoms with Crippen LogP contribution in [0.2, 0.25) is 0 Å². The fraction of sp³-hybridized carbons (Fsp3) is 0.0690. The first-order valence-electron chi connectivity index (χ1n) is 21.4. The van der Waals surface area contributed by atoms with Crippen molar-refractivity contribution in [3.05, 3.63) is 246 Å². The molecule has 0 atom stereocenters. The van der Waals surface area contributed by atoms with Crippen molar-refractivity contribution >= 4 is 82.1 Å². The number of rotatable bonds is 4. The Bertz CT molecular complexity index is 3490. The lowest BCUT2D eigenvalue weighted by atomic mass is 9.53. The van der Waals surface area contributed by atoms with E-state index >= 15 is 0 Å². The molecule has 1 nitrogen and oxygen atoms in total. The molecule has 9 aromatic carbocycles. The molecule has 1 aliphatic heterocycles. The zero-order valence-electron chi connectivity index (χ0n) is 34.1. The highest BCUT2D eigenvalue weighted by Gasteiger charge is 2.53. The second-order valence-corrected chi connectivity index (χ2v) is 22.3. The molecule has 13 rings (SSSR count). The summed E-state index contributed by atoms with van der Waals surface area (Å²) in [6.45, 7) is 4.83. The van der Waals surface area contributed by atoms with E-state index in [1.165, 1.54) is 102 Å². The first kappa shape index (κ1) is 35.0. The Kier molecular flexibility index (Phi) is 7.25. The third-order valence-electron chi connectivity index (χ3n) is 14.4. The first-order chi connectivity index (χ1) is 30.0. The van der Waals surface area contributed by atoms with E-state index in [1.54, 1.807) is 0 Å². The van der Waals surface area contributed by atoms with Gasteiger partial charge < -0.3 is 4.57 Å². The van der Waals surface area contributed by atoms with Crippen LogP contribution in [-0.4, -0.2) is 12.6 Å². The number of hydrogen-bond donors (Lipinski definition) is 0. The van der Waals surface area contributed by atoms with Crippen molar-refractivity contribution in [1.29, 1.82) is 0 Å². The second kappa shape index (κ2) is 12.6. The van der Waals surface area contributed by atoms with Gasteiger partial charge in [-0.15, -0.1) is 11.3 Å². The topological polar surface area (TPSA) is 4.93 Å². The molecular weight excluding hydrogens is 771 g/mol. The van der Waals surface area contributed by atoms with Crippen molar-refractivity contribution in [1.82, 2.24) is 4.57 Å². The molecule has 3 heterocycles. The largest absolute Gasteiger partial charge is 0.309 e. The quantitative estimate of drug-likeness (QED) is 0.123. The third-order valence-corrected chi connectivity index (χ3v) is 20.6. The molecule has 3 heteroatoms. The number of thiophene rings is 1. The molecule has 0 saturated carbocycles. The Morgan fingerprint density at radius 1 is 0.410 bits per heavy atom. The van der Waals surface area contributed by atoms with Crippen LogP contribution in [0.25, 0.3) is 47.7 Å². The van der Waals surface area contributed by atoms with Gasteiger partial charge in [-0.3, -0.25) is 0 Å². The van der Waals surface area contributed by atoms with E-state index < -0.39 is 13.5 Å². The number of nitrogens with zero attached hydrogens (tertiary/aromatic N) is 1. The molecule has 0 unspecified atom stereocenters. The van der Waals surface area contributed by atoms with Gasteiger partial charge in [-0.2, -0.15) is 0 Å².